The molecule has 0 heterocycles. The van der Waals surface area contributed by atoms with Crippen molar-refractivity contribution in [2.24, 2.45) is 23.2 Å². The van der Waals surface area contributed by atoms with Crippen molar-refractivity contribution in [2.75, 3.05) is 0 Å². The zero-order valence-electron chi connectivity index (χ0n) is 14.6. The van der Waals surface area contributed by atoms with Gasteiger partial charge in [0.15, 0.2) is 5.11 Å². The van der Waals surface area contributed by atoms with E-state index in [2.05, 4.69) is 33.5 Å². The minimum absolute atomic E-state index is 0.150. The number of halogens is 1. The second-order valence-electron chi connectivity index (χ2n) is 8.44. The molecule has 1 atom stereocenters. The summed E-state index contributed by atoms with van der Waals surface area (Å²) < 4.78 is 0.959. The average Bonchev–Trinajstić information content (AvgIpc) is 2.54. The molecule has 2 N–H and O–H groups in total. The van der Waals surface area contributed by atoms with E-state index in [1.807, 2.05) is 12.1 Å². The third-order valence-corrected chi connectivity index (χ3v) is 7.43. The molecule has 1 aromatic carbocycles. The summed E-state index contributed by atoms with van der Waals surface area (Å²) >= 11 is 8.82. The first kappa shape index (κ1) is 17.5. The highest BCUT2D eigenvalue weighted by atomic mass is 79.9. The van der Waals surface area contributed by atoms with Crippen LogP contribution in [0.1, 0.15) is 55.8 Å². The van der Waals surface area contributed by atoms with Gasteiger partial charge in [-0.15, -0.1) is 0 Å². The van der Waals surface area contributed by atoms with Crippen LogP contribution < -0.4 is 10.6 Å². The van der Waals surface area contributed by atoms with E-state index in [1.165, 1.54) is 38.5 Å². The molecule has 0 saturated heterocycles. The molecule has 5 heteroatoms. The van der Waals surface area contributed by atoms with Gasteiger partial charge in [-0.3, -0.25) is 10.1 Å². The molecule has 1 aromatic rings. The first-order valence-electron chi connectivity index (χ1n) is 9.31. The maximum absolute atomic E-state index is 12.3. The number of rotatable bonds is 3. The van der Waals surface area contributed by atoms with Crippen molar-refractivity contribution in [3.63, 3.8) is 0 Å². The fourth-order valence-corrected chi connectivity index (χ4v) is 6.40. The zero-order valence-corrected chi connectivity index (χ0v) is 17.0. The molecule has 134 valence electrons. The molecule has 3 nitrogen and oxygen atoms in total. The molecule has 4 bridgehead atoms. The van der Waals surface area contributed by atoms with Crippen molar-refractivity contribution < 1.29 is 4.79 Å². The van der Waals surface area contributed by atoms with E-state index >= 15 is 0 Å². The quantitative estimate of drug-likeness (QED) is 0.698. The molecule has 4 aliphatic rings. The van der Waals surface area contributed by atoms with Gasteiger partial charge in [0.1, 0.15) is 0 Å². The van der Waals surface area contributed by atoms with Gasteiger partial charge in [-0.2, -0.15) is 0 Å². The molecule has 4 fully saturated rings. The standard InChI is InChI=1S/C20H25BrN2OS/c1-12(20-9-13-6-14(10-20)8-15(7-13)11-20)22-19(25)23-18(24)16-2-4-17(21)5-3-16/h2-5,12-15H,6-11H2,1H3,(H2,22,23,24,25)/t12-,13?,14?,15?,20?/m1/s1. The Hall–Kier alpha value is -0.940. The Morgan fingerprint density at radius 1 is 1.12 bits per heavy atom. The number of amides is 1. The third kappa shape index (κ3) is 3.50. The van der Waals surface area contributed by atoms with Crippen molar-refractivity contribution in [1.29, 1.82) is 0 Å². The second-order valence-corrected chi connectivity index (χ2v) is 9.76. The number of hydrogen-bond donors (Lipinski definition) is 2. The molecule has 4 aliphatic carbocycles. The van der Waals surface area contributed by atoms with Crippen LogP contribution >= 0.6 is 28.1 Å². The fourth-order valence-electron chi connectivity index (χ4n) is 5.87. The first-order valence-corrected chi connectivity index (χ1v) is 10.5. The van der Waals surface area contributed by atoms with Crippen LogP contribution in [0.15, 0.2) is 28.7 Å². The van der Waals surface area contributed by atoms with E-state index in [-0.39, 0.29) is 5.91 Å². The van der Waals surface area contributed by atoms with Crippen LogP contribution in [-0.4, -0.2) is 17.1 Å². The van der Waals surface area contributed by atoms with Crippen LogP contribution in [0.25, 0.3) is 0 Å². The van der Waals surface area contributed by atoms with Crippen LogP contribution in [0.2, 0.25) is 0 Å². The third-order valence-electron chi connectivity index (χ3n) is 6.69. The second kappa shape index (κ2) is 6.66. The molecular formula is C20H25BrN2OS. The van der Waals surface area contributed by atoms with E-state index in [4.69, 9.17) is 12.2 Å². The minimum Gasteiger partial charge on any atom is -0.359 e. The number of carbonyl (C=O) groups is 1. The predicted molar refractivity (Wildman–Crippen MR) is 107 cm³/mol. The Labute approximate surface area is 163 Å². The van der Waals surface area contributed by atoms with E-state index < -0.39 is 0 Å². The van der Waals surface area contributed by atoms with Gasteiger partial charge in [-0.05, 0) is 105 Å². The lowest BCUT2D eigenvalue weighted by atomic mass is 9.48. The Morgan fingerprint density at radius 2 is 1.64 bits per heavy atom. The molecular weight excluding hydrogens is 396 g/mol. The molecule has 25 heavy (non-hydrogen) atoms. The van der Waals surface area contributed by atoms with Gasteiger partial charge in [0.25, 0.3) is 5.91 Å². The highest BCUT2D eigenvalue weighted by molar-refractivity contribution is 9.10. The van der Waals surface area contributed by atoms with Gasteiger partial charge in [-0.1, -0.05) is 15.9 Å². The van der Waals surface area contributed by atoms with Gasteiger partial charge in [-0.25, -0.2) is 0 Å². The molecule has 0 unspecified atom stereocenters. The smallest absolute Gasteiger partial charge is 0.257 e. The first-order chi connectivity index (χ1) is 11.9. The normalized spacial score (nSPS) is 33.8. The Morgan fingerprint density at radius 3 is 2.16 bits per heavy atom. The number of hydrogen-bond acceptors (Lipinski definition) is 2. The van der Waals surface area contributed by atoms with Crippen molar-refractivity contribution in [3.8, 4) is 0 Å². The fraction of sp³-hybridized carbons (Fsp3) is 0.600. The van der Waals surface area contributed by atoms with Crippen molar-refractivity contribution in [1.82, 2.24) is 10.6 Å². The van der Waals surface area contributed by atoms with Crippen LogP contribution in [0.3, 0.4) is 0 Å². The Balaban J connectivity index is 1.37. The highest BCUT2D eigenvalue weighted by Crippen LogP contribution is 2.61. The van der Waals surface area contributed by atoms with Crippen molar-refractivity contribution in [3.05, 3.63) is 34.3 Å². The van der Waals surface area contributed by atoms with Crippen LogP contribution in [0.4, 0.5) is 0 Å². The lowest BCUT2D eigenvalue weighted by Gasteiger charge is -2.59. The van der Waals surface area contributed by atoms with Crippen molar-refractivity contribution >= 4 is 39.2 Å². The number of benzene rings is 1. The van der Waals surface area contributed by atoms with Gasteiger partial charge < -0.3 is 5.32 Å². The van der Waals surface area contributed by atoms with E-state index in [9.17, 15) is 4.79 Å². The maximum atomic E-state index is 12.3. The van der Waals surface area contributed by atoms with Gasteiger partial charge in [0.05, 0.1) is 0 Å². The molecule has 1 amide bonds. The number of nitrogens with one attached hydrogen (secondary N) is 2. The Bertz CT molecular complexity index is 652. The molecule has 0 aliphatic heterocycles. The number of carbonyl (C=O) groups excluding carboxylic acids is 1. The minimum atomic E-state index is -0.150. The maximum Gasteiger partial charge on any atom is 0.257 e. The van der Waals surface area contributed by atoms with Crippen LogP contribution in [0.5, 0.6) is 0 Å². The van der Waals surface area contributed by atoms with E-state index in [0.717, 1.165) is 22.2 Å². The van der Waals surface area contributed by atoms with Gasteiger partial charge >= 0.3 is 0 Å². The van der Waals surface area contributed by atoms with Crippen LogP contribution in [0, 0.1) is 23.2 Å². The van der Waals surface area contributed by atoms with Gasteiger partial charge in [0, 0.05) is 16.1 Å². The lowest BCUT2D eigenvalue weighted by Crippen LogP contribution is -2.57. The lowest BCUT2D eigenvalue weighted by molar-refractivity contribution is -0.0672. The summed E-state index contributed by atoms with van der Waals surface area (Å²) in [6, 6.07) is 7.64. The molecule has 0 radical (unpaired) electrons. The SMILES string of the molecule is C[C@@H](NC(=S)NC(=O)c1ccc(Br)cc1)C12CC3CC(CC(C3)C1)C2. The Kier molecular flexibility index (Phi) is 4.65. The molecule has 4 saturated carbocycles. The summed E-state index contributed by atoms with van der Waals surface area (Å²) in [4.78, 5) is 12.3. The summed E-state index contributed by atoms with van der Waals surface area (Å²) in [5, 5.41) is 6.74. The van der Waals surface area contributed by atoms with E-state index in [1.54, 1.807) is 12.1 Å². The van der Waals surface area contributed by atoms with Crippen molar-refractivity contribution in [2.45, 2.75) is 51.5 Å². The summed E-state index contributed by atoms with van der Waals surface area (Å²) in [6.45, 7) is 2.26. The van der Waals surface area contributed by atoms with Gasteiger partial charge in [0.2, 0.25) is 0 Å². The highest BCUT2D eigenvalue weighted by Gasteiger charge is 2.53. The van der Waals surface area contributed by atoms with Crippen LogP contribution in [-0.2, 0) is 0 Å². The summed E-state index contributed by atoms with van der Waals surface area (Å²) in [5.74, 6) is 2.60. The summed E-state index contributed by atoms with van der Waals surface area (Å²) in [7, 11) is 0. The van der Waals surface area contributed by atoms with E-state index in [0.29, 0.717) is 22.1 Å². The molecule has 0 aromatic heterocycles. The largest absolute Gasteiger partial charge is 0.359 e. The molecule has 5 rings (SSSR count). The zero-order chi connectivity index (χ0) is 17.6. The molecule has 0 spiro atoms. The summed E-state index contributed by atoms with van der Waals surface area (Å²) in [5.41, 5.74) is 0.996. The monoisotopic (exact) mass is 420 g/mol. The topological polar surface area (TPSA) is 41.1 Å². The average molecular weight is 421 g/mol. The number of thiocarbonyl (C=S) groups is 1. The predicted octanol–water partition coefficient (Wildman–Crippen LogP) is 4.66. The summed E-state index contributed by atoms with van der Waals surface area (Å²) in [6.07, 6.45) is 8.31.